The third-order valence-electron chi connectivity index (χ3n) is 3.58. The van der Waals surface area contributed by atoms with Gasteiger partial charge in [-0.2, -0.15) is 5.26 Å². The fraction of sp³-hybridized carbons (Fsp3) is 0.263. The van der Waals surface area contributed by atoms with E-state index in [0.29, 0.717) is 17.0 Å². The SMILES string of the molecule is CCCCc1ccc(NCC(=O)Oc2ccc(N)cc2)cc1C#N. The zero-order chi connectivity index (χ0) is 17.4. The lowest BCUT2D eigenvalue weighted by Gasteiger charge is -2.09. The summed E-state index contributed by atoms with van der Waals surface area (Å²) in [5, 5.41) is 12.2. The smallest absolute Gasteiger partial charge is 0.330 e. The van der Waals surface area contributed by atoms with Crippen molar-refractivity contribution in [2.45, 2.75) is 26.2 Å². The Morgan fingerprint density at radius 1 is 1.25 bits per heavy atom. The second-order valence-electron chi connectivity index (χ2n) is 5.48. The Morgan fingerprint density at radius 3 is 2.67 bits per heavy atom. The van der Waals surface area contributed by atoms with Crippen LogP contribution in [0.2, 0.25) is 0 Å². The zero-order valence-electron chi connectivity index (χ0n) is 13.7. The Kier molecular flexibility index (Phi) is 6.21. The van der Waals surface area contributed by atoms with E-state index in [1.807, 2.05) is 12.1 Å². The molecule has 0 saturated carbocycles. The number of benzene rings is 2. The molecule has 0 radical (unpaired) electrons. The van der Waals surface area contributed by atoms with Gasteiger partial charge >= 0.3 is 5.97 Å². The van der Waals surface area contributed by atoms with E-state index in [-0.39, 0.29) is 6.54 Å². The molecule has 0 atom stereocenters. The molecule has 0 aliphatic carbocycles. The van der Waals surface area contributed by atoms with E-state index in [9.17, 15) is 10.1 Å². The van der Waals surface area contributed by atoms with Crippen molar-refractivity contribution >= 4 is 17.3 Å². The lowest BCUT2D eigenvalue weighted by atomic mass is 10.0. The quantitative estimate of drug-likeness (QED) is 0.462. The van der Waals surface area contributed by atoms with Gasteiger partial charge in [-0.15, -0.1) is 0 Å². The topological polar surface area (TPSA) is 88.1 Å². The Balaban J connectivity index is 1.92. The number of hydrogen-bond acceptors (Lipinski definition) is 5. The van der Waals surface area contributed by atoms with Crippen LogP contribution in [0.5, 0.6) is 5.75 Å². The van der Waals surface area contributed by atoms with Gasteiger partial charge < -0.3 is 15.8 Å². The third kappa shape index (κ3) is 5.03. The highest BCUT2D eigenvalue weighted by atomic mass is 16.5. The van der Waals surface area contributed by atoms with E-state index in [0.717, 1.165) is 30.5 Å². The van der Waals surface area contributed by atoms with Crippen LogP contribution in [0.4, 0.5) is 11.4 Å². The lowest BCUT2D eigenvalue weighted by molar-refractivity contribution is -0.132. The summed E-state index contributed by atoms with van der Waals surface area (Å²) >= 11 is 0. The highest BCUT2D eigenvalue weighted by Gasteiger charge is 2.07. The number of ether oxygens (including phenoxy) is 1. The summed E-state index contributed by atoms with van der Waals surface area (Å²) in [5.41, 5.74) is 8.59. The highest BCUT2D eigenvalue weighted by molar-refractivity contribution is 5.77. The van der Waals surface area contributed by atoms with Gasteiger partial charge in [0, 0.05) is 11.4 Å². The summed E-state index contributed by atoms with van der Waals surface area (Å²) in [6.07, 6.45) is 3.02. The Morgan fingerprint density at radius 2 is 2.00 bits per heavy atom. The van der Waals surface area contributed by atoms with Gasteiger partial charge in [0.2, 0.25) is 0 Å². The van der Waals surface area contributed by atoms with Gasteiger partial charge in [-0.25, -0.2) is 4.79 Å². The Hall–Kier alpha value is -3.00. The number of hydrogen-bond donors (Lipinski definition) is 2. The van der Waals surface area contributed by atoms with E-state index in [4.69, 9.17) is 10.5 Å². The van der Waals surface area contributed by atoms with Crippen molar-refractivity contribution in [2.24, 2.45) is 0 Å². The van der Waals surface area contributed by atoms with Crippen LogP contribution in [-0.2, 0) is 11.2 Å². The summed E-state index contributed by atoms with van der Waals surface area (Å²) < 4.78 is 5.20. The van der Waals surface area contributed by atoms with Gasteiger partial charge in [0.25, 0.3) is 0 Å². The van der Waals surface area contributed by atoms with Gasteiger partial charge in [0.1, 0.15) is 12.3 Å². The Labute approximate surface area is 142 Å². The molecule has 0 fully saturated rings. The standard InChI is InChI=1S/C19H21N3O2/c1-2-3-4-14-5-8-17(11-15(14)12-20)22-13-19(23)24-18-9-6-16(21)7-10-18/h5-11,22H,2-4,13,21H2,1H3. The first-order valence-corrected chi connectivity index (χ1v) is 7.95. The van der Waals surface area contributed by atoms with E-state index < -0.39 is 5.97 Å². The van der Waals surface area contributed by atoms with Crippen LogP contribution in [0, 0.1) is 11.3 Å². The monoisotopic (exact) mass is 323 g/mol. The first-order chi connectivity index (χ1) is 11.6. The normalized spacial score (nSPS) is 10.0. The molecule has 2 rings (SSSR count). The number of unbranched alkanes of at least 4 members (excludes halogenated alkanes) is 1. The molecule has 3 N–H and O–H groups in total. The van der Waals surface area contributed by atoms with Gasteiger partial charge in [0.15, 0.2) is 0 Å². The fourth-order valence-electron chi connectivity index (χ4n) is 2.25. The molecule has 2 aromatic rings. The van der Waals surface area contributed by atoms with Crippen LogP contribution in [0.25, 0.3) is 0 Å². The minimum absolute atomic E-state index is 0.0174. The predicted molar refractivity (Wildman–Crippen MR) is 94.7 cm³/mol. The molecule has 24 heavy (non-hydrogen) atoms. The van der Waals surface area contributed by atoms with Crippen molar-refractivity contribution < 1.29 is 9.53 Å². The molecule has 0 saturated heterocycles. The van der Waals surface area contributed by atoms with Crippen LogP contribution >= 0.6 is 0 Å². The summed E-state index contributed by atoms with van der Waals surface area (Å²) in [6, 6.07) is 14.4. The average molecular weight is 323 g/mol. The van der Waals surface area contributed by atoms with Crippen LogP contribution < -0.4 is 15.8 Å². The number of nitrogens with zero attached hydrogens (tertiary/aromatic N) is 1. The molecule has 5 nitrogen and oxygen atoms in total. The van der Waals surface area contributed by atoms with Crippen molar-refractivity contribution in [2.75, 3.05) is 17.6 Å². The molecule has 0 aliphatic rings. The summed E-state index contributed by atoms with van der Waals surface area (Å²) in [4.78, 5) is 11.9. The van der Waals surface area contributed by atoms with Crippen molar-refractivity contribution in [3.05, 3.63) is 53.6 Å². The number of carbonyl (C=O) groups is 1. The first-order valence-electron chi connectivity index (χ1n) is 7.95. The maximum absolute atomic E-state index is 11.9. The van der Waals surface area contributed by atoms with E-state index in [2.05, 4.69) is 18.3 Å². The summed E-state index contributed by atoms with van der Waals surface area (Å²) in [5.74, 6) is 0.0389. The van der Waals surface area contributed by atoms with Crippen molar-refractivity contribution in [3.63, 3.8) is 0 Å². The molecule has 0 amide bonds. The maximum atomic E-state index is 11.9. The van der Waals surface area contributed by atoms with Gasteiger partial charge in [-0.3, -0.25) is 0 Å². The van der Waals surface area contributed by atoms with E-state index >= 15 is 0 Å². The predicted octanol–water partition coefficient (Wildman–Crippen LogP) is 3.50. The van der Waals surface area contributed by atoms with Crippen LogP contribution in [0.1, 0.15) is 30.9 Å². The van der Waals surface area contributed by atoms with Crippen molar-refractivity contribution in [1.29, 1.82) is 5.26 Å². The minimum atomic E-state index is -0.409. The molecule has 124 valence electrons. The average Bonchev–Trinajstić information content (AvgIpc) is 2.60. The van der Waals surface area contributed by atoms with Crippen LogP contribution in [0.3, 0.4) is 0 Å². The highest BCUT2D eigenvalue weighted by Crippen LogP contribution is 2.18. The fourth-order valence-corrected chi connectivity index (χ4v) is 2.25. The number of aryl methyl sites for hydroxylation is 1. The van der Waals surface area contributed by atoms with Gasteiger partial charge in [-0.1, -0.05) is 19.4 Å². The van der Waals surface area contributed by atoms with Crippen LogP contribution in [0.15, 0.2) is 42.5 Å². The van der Waals surface area contributed by atoms with Gasteiger partial charge in [0.05, 0.1) is 11.6 Å². The molecule has 5 heteroatoms. The number of esters is 1. The zero-order valence-corrected chi connectivity index (χ0v) is 13.7. The van der Waals surface area contributed by atoms with Crippen molar-refractivity contribution in [1.82, 2.24) is 0 Å². The number of rotatable bonds is 7. The maximum Gasteiger partial charge on any atom is 0.330 e. The van der Waals surface area contributed by atoms with E-state index in [1.54, 1.807) is 30.3 Å². The Bertz CT molecular complexity index is 733. The molecular weight excluding hydrogens is 302 g/mol. The molecule has 0 aliphatic heterocycles. The van der Waals surface area contributed by atoms with E-state index in [1.165, 1.54) is 0 Å². The summed E-state index contributed by atoms with van der Waals surface area (Å²) in [6.45, 7) is 2.14. The molecule has 0 unspecified atom stereocenters. The molecule has 0 spiro atoms. The first kappa shape index (κ1) is 17.4. The van der Waals surface area contributed by atoms with Crippen molar-refractivity contribution in [3.8, 4) is 11.8 Å². The second kappa shape index (κ2) is 8.59. The third-order valence-corrected chi connectivity index (χ3v) is 3.58. The lowest BCUT2D eigenvalue weighted by Crippen LogP contribution is -2.19. The molecule has 0 heterocycles. The number of nitrogens with two attached hydrogens (primary N) is 1. The molecule has 2 aromatic carbocycles. The second-order valence-corrected chi connectivity index (χ2v) is 5.48. The number of nitriles is 1. The number of nitrogen functional groups attached to an aromatic ring is 1. The molecular formula is C19H21N3O2. The minimum Gasteiger partial charge on any atom is -0.425 e. The number of nitrogens with one attached hydrogen (secondary N) is 1. The largest absolute Gasteiger partial charge is 0.425 e. The molecule has 0 bridgehead atoms. The van der Waals surface area contributed by atoms with Gasteiger partial charge in [-0.05, 0) is 54.8 Å². The van der Waals surface area contributed by atoms with Crippen LogP contribution in [-0.4, -0.2) is 12.5 Å². The molecule has 0 aromatic heterocycles. The number of anilines is 2. The summed E-state index contributed by atoms with van der Waals surface area (Å²) in [7, 11) is 0. The number of carbonyl (C=O) groups excluding carboxylic acids is 1.